The van der Waals surface area contributed by atoms with Gasteiger partial charge < -0.3 is 35.6 Å². The van der Waals surface area contributed by atoms with Crippen molar-refractivity contribution in [3.8, 4) is 5.75 Å². The van der Waals surface area contributed by atoms with Crippen LogP contribution in [-0.4, -0.2) is 76.9 Å². The van der Waals surface area contributed by atoms with Gasteiger partial charge >= 0.3 is 5.97 Å². The molecule has 208 valence electrons. The van der Waals surface area contributed by atoms with Gasteiger partial charge in [-0.15, -0.1) is 0 Å². The first-order valence-corrected chi connectivity index (χ1v) is 12.9. The Hall–Kier alpha value is -3.96. The third-order valence-corrected chi connectivity index (χ3v) is 7.08. The molecule has 11 heteroatoms. The molecule has 0 saturated carbocycles. The van der Waals surface area contributed by atoms with E-state index in [0.29, 0.717) is 13.0 Å². The summed E-state index contributed by atoms with van der Waals surface area (Å²) in [5, 5.41) is 29.4. The molecule has 0 radical (unpaired) electrons. The number of aromatic hydroxyl groups is 1. The number of aliphatic hydroxyl groups is 1. The van der Waals surface area contributed by atoms with Crippen molar-refractivity contribution in [3.05, 3.63) is 65.7 Å². The summed E-state index contributed by atoms with van der Waals surface area (Å²) < 4.78 is 10.9. The maximum atomic E-state index is 13.6. The fraction of sp³-hybridized carbons (Fsp3) is 0.429. The van der Waals surface area contributed by atoms with E-state index in [1.54, 1.807) is 12.1 Å². The maximum Gasteiger partial charge on any atom is 0.312 e. The van der Waals surface area contributed by atoms with Crippen LogP contribution in [0.2, 0.25) is 0 Å². The van der Waals surface area contributed by atoms with Crippen molar-refractivity contribution in [2.24, 2.45) is 5.92 Å². The first-order valence-electron chi connectivity index (χ1n) is 12.9. The lowest BCUT2D eigenvalue weighted by atomic mass is 9.92. The van der Waals surface area contributed by atoms with Gasteiger partial charge in [0.25, 0.3) is 11.8 Å². The molecule has 2 saturated heterocycles. The molecule has 11 nitrogen and oxygen atoms in total. The molecule has 4 rings (SSSR count). The van der Waals surface area contributed by atoms with Gasteiger partial charge in [-0.3, -0.25) is 19.2 Å². The van der Waals surface area contributed by atoms with Crippen molar-refractivity contribution in [1.82, 2.24) is 16.0 Å². The van der Waals surface area contributed by atoms with Crippen molar-refractivity contribution in [3.63, 3.8) is 0 Å². The normalized spacial score (nSPS) is 29.9. The van der Waals surface area contributed by atoms with Crippen LogP contribution in [0.15, 0.2) is 54.6 Å². The summed E-state index contributed by atoms with van der Waals surface area (Å²) >= 11 is 0. The van der Waals surface area contributed by atoms with Crippen LogP contribution in [0.4, 0.5) is 0 Å². The van der Waals surface area contributed by atoms with Gasteiger partial charge in [-0.2, -0.15) is 0 Å². The lowest BCUT2D eigenvalue weighted by Gasteiger charge is -2.37. The molecule has 2 heterocycles. The zero-order valence-electron chi connectivity index (χ0n) is 21.7. The number of carbonyl (C=O) groups excluding carboxylic acids is 4. The number of amides is 3. The van der Waals surface area contributed by atoms with Crippen LogP contribution < -0.4 is 16.0 Å². The summed E-state index contributed by atoms with van der Waals surface area (Å²) in [4.78, 5) is 52.8. The van der Waals surface area contributed by atoms with E-state index in [-0.39, 0.29) is 17.7 Å². The minimum absolute atomic E-state index is 0.0564. The van der Waals surface area contributed by atoms with E-state index in [0.717, 1.165) is 5.56 Å². The van der Waals surface area contributed by atoms with Gasteiger partial charge in [0, 0.05) is 13.0 Å². The first-order chi connectivity index (χ1) is 18.7. The maximum absolute atomic E-state index is 13.6. The second-order valence-electron chi connectivity index (χ2n) is 9.91. The lowest BCUT2D eigenvalue weighted by Crippen LogP contribution is -2.63. The Kier molecular flexibility index (Phi) is 8.82. The number of nitrogens with one attached hydrogen (secondary N) is 3. The number of esters is 1. The number of ether oxygens (including phenoxy) is 2. The van der Waals surface area contributed by atoms with Gasteiger partial charge in [0.15, 0.2) is 0 Å². The summed E-state index contributed by atoms with van der Waals surface area (Å²) in [6.45, 7) is 3.38. The molecule has 7 unspecified atom stereocenters. The Morgan fingerprint density at radius 3 is 2.31 bits per heavy atom. The zero-order valence-corrected chi connectivity index (χ0v) is 21.7. The van der Waals surface area contributed by atoms with E-state index in [9.17, 15) is 29.4 Å². The highest BCUT2D eigenvalue weighted by Crippen LogP contribution is 2.23. The predicted molar refractivity (Wildman–Crippen MR) is 138 cm³/mol. The molecule has 2 aromatic carbocycles. The van der Waals surface area contributed by atoms with Crippen LogP contribution in [0.25, 0.3) is 0 Å². The fourth-order valence-corrected chi connectivity index (χ4v) is 4.60. The molecule has 39 heavy (non-hydrogen) atoms. The molecule has 0 aliphatic carbocycles. The number of para-hydroxylation sites is 1. The Bertz CT molecular complexity index is 1200. The van der Waals surface area contributed by atoms with Crippen molar-refractivity contribution in [1.29, 1.82) is 0 Å². The highest BCUT2D eigenvalue weighted by molar-refractivity contribution is 6.00. The first kappa shape index (κ1) is 28.1. The minimum atomic E-state index is -1.38. The number of phenolic OH excluding ortho intramolecular Hbond substituents is 1. The average Bonchev–Trinajstić information content (AvgIpc) is 2.89. The van der Waals surface area contributed by atoms with Gasteiger partial charge in [-0.25, -0.2) is 0 Å². The van der Waals surface area contributed by atoms with E-state index >= 15 is 0 Å². The highest BCUT2D eigenvalue weighted by Gasteiger charge is 2.43. The van der Waals surface area contributed by atoms with Crippen molar-refractivity contribution in [2.75, 3.05) is 6.61 Å². The van der Waals surface area contributed by atoms with Crippen molar-refractivity contribution >= 4 is 23.7 Å². The molecule has 7 atom stereocenters. The monoisotopic (exact) mass is 539 g/mol. The summed E-state index contributed by atoms with van der Waals surface area (Å²) in [5.41, 5.74) is 0.741. The lowest BCUT2D eigenvalue weighted by molar-refractivity contribution is -0.184. The number of aliphatic hydroxyl groups excluding tert-OH is 1. The average molecular weight is 540 g/mol. The van der Waals surface area contributed by atoms with Crippen molar-refractivity contribution in [2.45, 2.75) is 63.1 Å². The van der Waals surface area contributed by atoms with Gasteiger partial charge in [0.2, 0.25) is 12.0 Å². The molecule has 0 bridgehead atoms. The van der Waals surface area contributed by atoms with Crippen molar-refractivity contribution < 1.29 is 38.9 Å². The van der Waals surface area contributed by atoms with Crippen LogP contribution in [0.5, 0.6) is 5.75 Å². The smallest absolute Gasteiger partial charge is 0.312 e. The molecule has 0 aromatic heterocycles. The van der Waals surface area contributed by atoms with Crippen LogP contribution in [0.1, 0.15) is 36.2 Å². The number of rotatable bonds is 5. The molecule has 0 spiro atoms. The van der Waals surface area contributed by atoms with Gasteiger partial charge in [0.05, 0.1) is 29.7 Å². The molecule has 2 aliphatic rings. The van der Waals surface area contributed by atoms with Gasteiger partial charge in [-0.05, 0) is 38.0 Å². The van der Waals surface area contributed by atoms with E-state index in [2.05, 4.69) is 16.0 Å². The van der Waals surface area contributed by atoms with Crippen LogP contribution >= 0.6 is 0 Å². The van der Waals surface area contributed by atoms with Gasteiger partial charge in [0.1, 0.15) is 17.9 Å². The number of hydrogen-bond acceptors (Lipinski definition) is 8. The van der Waals surface area contributed by atoms with E-state index in [4.69, 9.17) is 9.47 Å². The summed E-state index contributed by atoms with van der Waals surface area (Å²) in [5.74, 6) is -4.30. The molecular weight excluding hydrogens is 506 g/mol. The number of carbonyl (C=O) groups is 4. The zero-order chi connectivity index (χ0) is 28.1. The molecular formula is C28H33N3O8. The van der Waals surface area contributed by atoms with Gasteiger partial charge in [-0.1, -0.05) is 42.5 Å². The number of hydrogen-bond donors (Lipinski definition) is 5. The number of benzene rings is 2. The minimum Gasteiger partial charge on any atom is -0.507 e. The second-order valence-corrected chi connectivity index (χ2v) is 9.91. The van der Waals surface area contributed by atoms with Crippen LogP contribution in [0, 0.1) is 5.92 Å². The van der Waals surface area contributed by atoms with E-state index in [1.165, 1.54) is 26.0 Å². The Labute approximate surface area is 225 Å². The largest absolute Gasteiger partial charge is 0.507 e. The Morgan fingerprint density at radius 2 is 1.67 bits per heavy atom. The topological polar surface area (TPSA) is 163 Å². The van der Waals surface area contributed by atoms with Crippen LogP contribution in [0.3, 0.4) is 0 Å². The molecule has 2 aliphatic heterocycles. The highest BCUT2D eigenvalue weighted by atomic mass is 16.6. The fourth-order valence-electron chi connectivity index (χ4n) is 4.60. The molecule has 2 aromatic rings. The second kappa shape index (κ2) is 12.3. The standard InChI is InChI=1S/C28H33N3O8/c1-15-23(33)19(14-17-8-4-3-5-9-17)30-26(35)22(31-25(34)18-10-6-7-11-20(18)32)16(2)29-27(36)24(39-28(15)37)21-12-13-38-21/h3-11,15-16,19,21-24,32-33H,12-14H2,1-2H3,(H,29,36)(H,30,35)(H,31,34). The quantitative estimate of drug-likeness (QED) is 0.342. The third-order valence-electron chi connectivity index (χ3n) is 7.08. The Morgan fingerprint density at radius 1 is 1.00 bits per heavy atom. The van der Waals surface area contributed by atoms with E-state index in [1.807, 2.05) is 30.3 Å². The SMILES string of the molecule is CC1NC(=O)C(C2CCO2)OC(=O)C(C)C(O)C(Cc2ccccc2)NC(=O)C1NC(=O)c1ccccc1O. The number of phenols is 1. The van der Waals surface area contributed by atoms with E-state index < -0.39 is 66.0 Å². The molecule has 2 fully saturated rings. The number of cyclic esters (lactones) is 1. The molecule has 3 amide bonds. The predicted octanol–water partition coefficient (Wildman–Crippen LogP) is 0.434. The summed E-state index contributed by atoms with van der Waals surface area (Å²) in [7, 11) is 0. The summed E-state index contributed by atoms with van der Waals surface area (Å²) in [6.07, 6.45) is -2.68. The Balaban J connectivity index is 1.67. The third kappa shape index (κ3) is 6.55. The molecule has 5 N–H and O–H groups in total. The summed E-state index contributed by atoms with van der Waals surface area (Å²) in [6, 6.07) is 11.7. The van der Waals surface area contributed by atoms with Crippen LogP contribution in [-0.2, 0) is 30.3 Å².